The molecule has 0 unspecified atom stereocenters. The molecular formula is C9H7F11O3. The van der Waals surface area contributed by atoms with Gasteiger partial charge in [0.05, 0.1) is 6.61 Å². The van der Waals surface area contributed by atoms with E-state index in [1.807, 2.05) is 4.74 Å². The minimum Gasteiger partial charge on any atom is -0.461 e. The molecule has 0 aliphatic heterocycles. The number of ether oxygens (including phenoxy) is 2. The third kappa shape index (κ3) is 4.14. The molecule has 0 amide bonds. The third-order valence-corrected chi connectivity index (χ3v) is 2.05. The molecule has 0 spiro atoms. The molecule has 0 saturated heterocycles. The van der Waals surface area contributed by atoms with Crippen molar-refractivity contribution in [1.29, 1.82) is 0 Å². The van der Waals surface area contributed by atoms with Crippen molar-refractivity contribution in [2.24, 2.45) is 0 Å². The molecule has 0 saturated carbocycles. The highest BCUT2D eigenvalue weighted by molar-refractivity contribution is 5.78. The third-order valence-electron chi connectivity index (χ3n) is 2.05. The second-order valence-electron chi connectivity index (χ2n) is 3.92. The van der Waals surface area contributed by atoms with E-state index in [0.29, 0.717) is 0 Å². The van der Waals surface area contributed by atoms with Crippen molar-refractivity contribution in [2.75, 3.05) is 6.61 Å². The first-order chi connectivity index (χ1) is 9.94. The van der Waals surface area contributed by atoms with Gasteiger partial charge in [-0.3, -0.25) is 4.74 Å². The van der Waals surface area contributed by atoms with Gasteiger partial charge >= 0.3 is 36.2 Å². The molecule has 0 rings (SSSR count). The van der Waals surface area contributed by atoms with Crippen LogP contribution in [0.1, 0.15) is 13.3 Å². The average Bonchev–Trinajstić information content (AvgIpc) is 2.32. The second-order valence-corrected chi connectivity index (χ2v) is 3.92. The lowest BCUT2D eigenvalue weighted by Gasteiger charge is -2.33. The monoisotopic (exact) mass is 372 g/mol. The summed E-state index contributed by atoms with van der Waals surface area (Å²) in [6.45, 7) is 0.208. The molecule has 0 aliphatic carbocycles. The molecule has 0 bridgehead atoms. The molecule has 0 aliphatic rings. The Morgan fingerprint density at radius 1 is 0.826 bits per heavy atom. The highest BCUT2D eigenvalue weighted by Gasteiger charge is 2.80. The van der Waals surface area contributed by atoms with Crippen LogP contribution in [0, 0.1) is 0 Å². The lowest BCUT2D eigenvalue weighted by Crippen LogP contribution is -2.61. The zero-order valence-electron chi connectivity index (χ0n) is 10.8. The fraction of sp³-hybridized carbons (Fsp3) is 0.889. The fourth-order valence-corrected chi connectivity index (χ4v) is 0.909. The standard InChI is InChI=1S/C9H7F11O3/c1-2-3-22-4(21)5(10,7(13,14)15)23-9(19,20)6(11,12)8(16,17)18/h2-3H2,1H3/t5-/m0/s1. The summed E-state index contributed by atoms with van der Waals surface area (Å²) in [7, 11) is 0. The first kappa shape index (κ1) is 21.7. The Labute approximate surface area is 120 Å². The second kappa shape index (κ2) is 6.28. The summed E-state index contributed by atoms with van der Waals surface area (Å²) in [5.41, 5.74) is 0. The van der Waals surface area contributed by atoms with Gasteiger partial charge in [0.25, 0.3) is 0 Å². The van der Waals surface area contributed by atoms with Crippen molar-refractivity contribution < 1.29 is 62.6 Å². The molecule has 0 aromatic heterocycles. The average molecular weight is 372 g/mol. The molecule has 0 N–H and O–H groups in total. The molecule has 0 radical (unpaired) electrons. The van der Waals surface area contributed by atoms with E-state index >= 15 is 0 Å². The van der Waals surface area contributed by atoms with Gasteiger partial charge in [0.2, 0.25) is 0 Å². The molecular weight excluding hydrogens is 365 g/mol. The van der Waals surface area contributed by atoms with Crippen LogP contribution in [0.15, 0.2) is 0 Å². The zero-order valence-corrected chi connectivity index (χ0v) is 10.8. The van der Waals surface area contributed by atoms with E-state index in [1.165, 1.54) is 6.92 Å². The number of esters is 1. The highest BCUT2D eigenvalue weighted by atomic mass is 19.4. The largest absolute Gasteiger partial charge is 0.462 e. The molecule has 3 nitrogen and oxygen atoms in total. The lowest BCUT2D eigenvalue weighted by atomic mass is 10.2. The van der Waals surface area contributed by atoms with E-state index in [9.17, 15) is 53.1 Å². The van der Waals surface area contributed by atoms with Crippen LogP contribution in [0.25, 0.3) is 0 Å². The molecule has 0 fully saturated rings. The number of alkyl halides is 11. The first-order valence-corrected chi connectivity index (χ1v) is 5.39. The highest BCUT2D eigenvalue weighted by Crippen LogP contribution is 2.51. The molecule has 23 heavy (non-hydrogen) atoms. The number of carbonyl (C=O) groups is 1. The van der Waals surface area contributed by atoms with Gasteiger partial charge < -0.3 is 4.74 Å². The maximum atomic E-state index is 13.4. The van der Waals surface area contributed by atoms with Gasteiger partial charge in [-0.1, -0.05) is 6.92 Å². The van der Waals surface area contributed by atoms with Crippen LogP contribution >= 0.6 is 0 Å². The van der Waals surface area contributed by atoms with Crippen LogP contribution in [-0.2, 0) is 14.3 Å². The summed E-state index contributed by atoms with van der Waals surface area (Å²) < 4.78 is 142. The van der Waals surface area contributed by atoms with E-state index in [0.717, 1.165) is 0 Å². The lowest BCUT2D eigenvalue weighted by molar-refractivity contribution is -0.475. The molecule has 1 atom stereocenters. The van der Waals surface area contributed by atoms with Crippen LogP contribution in [-0.4, -0.2) is 42.8 Å². The van der Waals surface area contributed by atoms with Crippen LogP contribution < -0.4 is 0 Å². The van der Waals surface area contributed by atoms with Gasteiger partial charge in [0, 0.05) is 0 Å². The summed E-state index contributed by atoms with van der Waals surface area (Å²) in [5.74, 6) is -16.7. The van der Waals surface area contributed by atoms with E-state index in [1.54, 1.807) is 0 Å². The maximum Gasteiger partial charge on any atom is 0.462 e. The molecule has 0 aromatic rings. The number of hydrogen-bond donors (Lipinski definition) is 0. The van der Waals surface area contributed by atoms with Gasteiger partial charge in [0.1, 0.15) is 0 Å². The van der Waals surface area contributed by atoms with Crippen molar-refractivity contribution in [1.82, 2.24) is 0 Å². The fourth-order valence-electron chi connectivity index (χ4n) is 0.909. The minimum absolute atomic E-state index is 0.241. The Bertz CT molecular complexity index is 427. The first-order valence-electron chi connectivity index (χ1n) is 5.39. The molecule has 0 aromatic carbocycles. The van der Waals surface area contributed by atoms with E-state index in [4.69, 9.17) is 0 Å². The minimum atomic E-state index is -7.21. The maximum absolute atomic E-state index is 13.4. The predicted octanol–water partition coefficient (Wildman–Crippen LogP) is 3.97. The zero-order chi connectivity index (χ0) is 18.9. The van der Waals surface area contributed by atoms with Crippen molar-refractivity contribution in [3.63, 3.8) is 0 Å². The normalized spacial score (nSPS) is 16.9. The van der Waals surface area contributed by atoms with Crippen molar-refractivity contribution in [3.05, 3.63) is 0 Å². The van der Waals surface area contributed by atoms with Crippen molar-refractivity contribution in [2.45, 2.75) is 43.6 Å². The van der Waals surface area contributed by atoms with Crippen LogP contribution in [0.3, 0.4) is 0 Å². The Morgan fingerprint density at radius 2 is 1.26 bits per heavy atom. The number of rotatable bonds is 6. The molecule has 0 heterocycles. The Balaban J connectivity index is 5.78. The number of halogens is 11. The SMILES string of the molecule is CCCOC(=O)[C@](F)(OC(F)(F)C(F)(F)C(F)(F)F)C(F)(F)F. The van der Waals surface area contributed by atoms with Gasteiger partial charge in [0.15, 0.2) is 0 Å². The van der Waals surface area contributed by atoms with Gasteiger partial charge in [-0.05, 0) is 6.42 Å². The van der Waals surface area contributed by atoms with E-state index < -0.39 is 42.8 Å². The van der Waals surface area contributed by atoms with Crippen molar-refractivity contribution >= 4 is 5.97 Å². The van der Waals surface area contributed by atoms with Crippen LogP contribution in [0.4, 0.5) is 48.3 Å². The molecule has 138 valence electrons. The topological polar surface area (TPSA) is 35.5 Å². The number of carbonyl (C=O) groups excluding carboxylic acids is 1. The summed E-state index contributed by atoms with van der Waals surface area (Å²) in [4.78, 5) is 10.8. The number of hydrogen-bond acceptors (Lipinski definition) is 3. The van der Waals surface area contributed by atoms with Gasteiger partial charge in [-0.2, -0.15) is 48.3 Å². The van der Waals surface area contributed by atoms with E-state index in [2.05, 4.69) is 4.74 Å². The van der Waals surface area contributed by atoms with Gasteiger partial charge in [-0.15, -0.1) is 0 Å². The van der Waals surface area contributed by atoms with Crippen LogP contribution in [0.5, 0.6) is 0 Å². The van der Waals surface area contributed by atoms with E-state index in [-0.39, 0.29) is 6.42 Å². The quantitative estimate of drug-likeness (QED) is 0.523. The summed E-state index contributed by atoms with van der Waals surface area (Å²) >= 11 is 0. The molecule has 14 heteroatoms. The summed E-state index contributed by atoms with van der Waals surface area (Å²) in [6, 6.07) is 0. The predicted molar refractivity (Wildman–Crippen MR) is 48.2 cm³/mol. The smallest absolute Gasteiger partial charge is 0.461 e. The summed E-state index contributed by atoms with van der Waals surface area (Å²) in [6.07, 6.45) is -21.1. The Morgan fingerprint density at radius 3 is 1.57 bits per heavy atom. The van der Waals surface area contributed by atoms with Crippen LogP contribution in [0.2, 0.25) is 0 Å². The Hall–Kier alpha value is -1.34. The summed E-state index contributed by atoms with van der Waals surface area (Å²) in [5, 5.41) is 0. The van der Waals surface area contributed by atoms with Crippen molar-refractivity contribution in [3.8, 4) is 0 Å². The Kier molecular flexibility index (Phi) is 5.91. The van der Waals surface area contributed by atoms with Gasteiger partial charge in [-0.25, -0.2) is 4.79 Å².